The van der Waals surface area contributed by atoms with Crippen molar-refractivity contribution in [3.63, 3.8) is 0 Å². The molecule has 1 saturated heterocycles. The maximum atomic E-state index is 13.5. The molecule has 0 aliphatic carbocycles. The van der Waals surface area contributed by atoms with Crippen molar-refractivity contribution < 1.29 is 52.4 Å². The molecular formula is C31H33N3O11S. The minimum atomic E-state index is -1.44. The maximum Gasteiger partial charge on any atom is 0.303 e. The van der Waals surface area contributed by atoms with Crippen molar-refractivity contribution in [2.24, 2.45) is 0 Å². The van der Waals surface area contributed by atoms with Crippen LogP contribution >= 0.6 is 11.8 Å². The molecule has 1 heterocycles. The van der Waals surface area contributed by atoms with E-state index in [1.54, 1.807) is 54.6 Å². The average molecular weight is 656 g/mol. The number of esters is 4. The number of amides is 1. The molecule has 0 radical (unpaired) electrons. The third-order valence-electron chi connectivity index (χ3n) is 6.13. The molecule has 0 spiro atoms. The average Bonchev–Trinajstić information content (AvgIpc) is 2.99. The van der Waals surface area contributed by atoms with Crippen molar-refractivity contribution in [1.29, 1.82) is 5.26 Å². The first kappa shape index (κ1) is 35.4. The van der Waals surface area contributed by atoms with Crippen LogP contribution in [0.5, 0.6) is 5.75 Å². The zero-order chi connectivity index (χ0) is 33.8. The highest BCUT2D eigenvalue weighted by Crippen LogP contribution is 2.39. The molecule has 46 heavy (non-hydrogen) atoms. The van der Waals surface area contributed by atoms with Gasteiger partial charge in [0.25, 0.3) is 5.91 Å². The second-order valence-electron chi connectivity index (χ2n) is 9.68. The molecule has 3 rings (SSSR count). The Morgan fingerprint density at radius 2 is 1.35 bits per heavy atom. The summed E-state index contributed by atoms with van der Waals surface area (Å²) in [5.74, 6) is -3.28. The summed E-state index contributed by atoms with van der Waals surface area (Å²) < 4.78 is 32.9. The summed E-state index contributed by atoms with van der Waals surface area (Å²) in [6, 6.07) is 16.9. The van der Waals surface area contributed by atoms with Crippen LogP contribution < -0.4 is 15.4 Å². The Hall–Kier alpha value is -5.07. The molecule has 15 heteroatoms. The fraction of sp³-hybridized carbons (Fsp3) is 0.355. The fourth-order valence-corrected chi connectivity index (χ4v) is 5.48. The van der Waals surface area contributed by atoms with Gasteiger partial charge < -0.3 is 39.1 Å². The second-order valence-corrected chi connectivity index (χ2v) is 10.8. The Balaban J connectivity index is 2.11. The van der Waals surface area contributed by atoms with E-state index in [4.69, 9.17) is 28.4 Å². The second kappa shape index (κ2) is 16.8. The standard InChI is InChI=1S/C31H33N3O11S/c1-17(35)41-16-25-26(42-18(2)36)27(43-19(3)37)28(44-20(4)38)31(45-25)46-30(34-21-9-7-6-8-10-21)24(15-32)29(39)33-22-11-13-23(40-5)14-12-22/h6-14,25-28,31,34H,16H2,1-5H3,(H,33,39)/b30-24+/t25-,26-,27+,28-,31+/m1/s1. The predicted molar refractivity (Wildman–Crippen MR) is 164 cm³/mol. The fourth-order valence-electron chi connectivity index (χ4n) is 4.28. The number of hydrogen-bond donors (Lipinski definition) is 2. The number of benzene rings is 2. The van der Waals surface area contributed by atoms with Crippen LogP contribution in [-0.4, -0.2) is 73.4 Å². The van der Waals surface area contributed by atoms with Crippen molar-refractivity contribution in [2.45, 2.75) is 57.5 Å². The van der Waals surface area contributed by atoms with Crippen LogP contribution in [0.3, 0.4) is 0 Å². The number of carbonyl (C=O) groups is 5. The minimum Gasteiger partial charge on any atom is -0.497 e. The van der Waals surface area contributed by atoms with E-state index in [-0.39, 0.29) is 10.6 Å². The molecule has 1 aliphatic rings. The third kappa shape index (κ3) is 10.2. The number of nitrogens with one attached hydrogen (secondary N) is 2. The highest BCUT2D eigenvalue weighted by Gasteiger charge is 2.53. The van der Waals surface area contributed by atoms with Gasteiger partial charge >= 0.3 is 23.9 Å². The predicted octanol–water partition coefficient (Wildman–Crippen LogP) is 3.30. The third-order valence-corrected chi connectivity index (χ3v) is 7.28. The van der Waals surface area contributed by atoms with Crippen LogP contribution in [0.1, 0.15) is 27.7 Å². The number of para-hydroxylation sites is 1. The minimum absolute atomic E-state index is 0.0272. The lowest BCUT2D eigenvalue weighted by Crippen LogP contribution is -2.61. The van der Waals surface area contributed by atoms with Gasteiger partial charge in [0.1, 0.15) is 30.1 Å². The summed E-state index contributed by atoms with van der Waals surface area (Å²) in [5.41, 5.74) is -0.822. The number of hydrogen-bond acceptors (Lipinski definition) is 14. The summed E-state index contributed by atoms with van der Waals surface area (Å²) in [6.45, 7) is 4.05. The van der Waals surface area contributed by atoms with Gasteiger partial charge in [-0.3, -0.25) is 24.0 Å². The molecule has 5 atom stereocenters. The summed E-state index contributed by atoms with van der Waals surface area (Å²) >= 11 is 0.771. The molecule has 1 amide bonds. The lowest BCUT2D eigenvalue weighted by atomic mass is 9.99. The van der Waals surface area contributed by atoms with Crippen LogP contribution in [0.15, 0.2) is 65.2 Å². The van der Waals surface area contributed by atoms with Crippen molar-refractivity contribution in [2.75, 3.05) is 24.4 Å². The van der Waals surface area contributed by atoms with Crippen molar-refractivity contribution in [3.8, 4) is 11.8 Å². The highest BCUT2D eigenvalue weighted by atomic mass is 32.2. The molecule has 0 aromatic heterocycles. The lowest BCUT2D eigenvalue weighted by molar-refractivity contribution is -0.237. The van der Waals surface area contributed by atoms with E-state index in [1.807, 2.05) is 6.07 Å². The van der Waals surface area contributed by atoms with E-state index in [9.17, 15) is 29.2 Å². The van der Waals surface area contributed by atoms with Crippen molar-refractivity contribution in [3.05, 3.63) is 65.2 Å². The molecule has 244 valence electrons. The number of carbonyl (C=O) groups excluding carboxylic acids is 5. The van der Waals surface area contributed by atoms with Crippen molar-refractivity contribution >= 4 is 52.9 Å². The number of anilines is 2. The van der Waals surface area contributed by atoms with Gasteiger partial charge in [-0.1, -0.05) is 30.0 Å². The number of rotatable bonds is 12. The zero-order valence-corrected chi connectivity index (χ0v) is 26.5. The molecule has 2 N–H and O–H groups in total. The summed E-state index contributed by atoms with van der Waals surface area (Å²) in [6.07, 6.45) is -5.46. The first-order valence-electron chi connectivity index (χ1n) is 13.8. The SMILES string of the molecule is COc1ccc(NC(=O)/C(C#N)=C(\Nc2ccccc2)S[C@@H]2O[C@H](COC(C)=O)[C@@H](OC(C)=O)[C@H](OC(C)=O)[C@H]2OC(C)=O)cc1. The number of thioether (sulfide) groups is 1. The largest absolute Gasteiger partial charge is 0.497 e. The van der Waals surface area contributed by atoms with Gasteiger partial charge in [0.15, 0.2) is 23.7 Å². The molecule has 14 nitrogen and oxygen atoms in total. The monoisotopic (exact) mass is 655 g/mol. The lowest BCUT2D eigenvalue weighted by Gasteiger charge is -2.44. The molecule has 2 aromatic carbocycles. The van der Waals surface area contributed by atoms with Gasteiger partial charge in [-0.2, -0.15) is 5.26 Å². The maximum absolute atomic E-state index is 13.5. The van der Waals surface area contributed by atoms with E-state index >= 15 is 0 Å². The van der Waals surface area contributed by atoms with E-state index < -0.39 is 66.2 Å². The van der Waals surface area contributed by atoms with Crippen LogP contribution in [0.4, 0.5) is 11.4 Å². The van der Waals surface area contributed by atoms with Crippen LogP contribution in [0.25, 0.3) is 0 Å². The molecule has 1 fully saturated rings. The Labute approximate surface area is 269 Å². The molecular weight excluding hydrogens is 622 g/mol. The topological polar surface area (TPSA) is 189 Å². The highest BCUT2D eigenvalue weighted by molar-refractivity contribution is 8.03. The van der Waals surface area contributed by atoms with Crippen molar-refractivity contribution in [1.82, 2.24) is 0 Å². The Kier molecular flexibility index (Phi) is 13.0. The Bertz CT molecular complexity index is 1490. The smallest absolute Gasteiger partial charge is 0.303 e. The summed E-state index contributed by atoms with van der Waals surface area (Å²) in [7, 11) is 1.50. The molecule has 2 aromatic rings. The molecule has 0 saturated carbocycles. The number of methoxy groups -OCH3 is 1. The number of nitriles is 1. The Morgan fingerprint density at radius 1 is 0.783 bits per heavy atom. The van der Waals surface area contributed by atoms with Gasteiger partial charge in [-0.25, -0.2) is 0 Å². The van der Waals surface area contributed by atoms with Gasteiger partial charge in [0.2, 0.25) is 0 Å². The summed E-state index contributed by atoms with van der Waals surface area (Å²) in [4.78, 5) is 61.7. The van der Waals surface area contributed by atoms with Gasteiger partial charge in [0, 0.05) is 39.1 Å². The van der Waals surface area contributed by atoms with Crippen LogP contribution in [-0.2, 0) is 47.7 Å². The van der Waals surface area contributed by atoms with E-state index in [0.29, 0.717) is 17.1 Å². The summed E-state index contributed by atoms with van der Waals surface area (Å²) in [5, 5.41) is 15.9. The number of ether oxygens (including phenoxy) is 6. The Morgan fingerprint density at radius 3 is 1.89 bits per heavy atom. The number of nitrogens with zero attached hydrogens (tertiary/aromatic N) is 1. The molecule has 0 bridgehead atoms. The van der Waals surface area contributed by atoms with Crippen LogP contribution in [0, 0.1) is 11.3 Å². The zero-order valence-electron chi connectivity index (χ0n) is 25.6. The van der Waals surface area contributed by atoms with Crippen LogP contribution in [0.2, 0.25) is 0 Å². The van der Waals surface area contributed by atoms with Gasteiger partial charge in [-0.05, 0) is 36.4 Å². The first-order valence-corrected chi connectivity index (χ1v) is 14.7. The quantitative estimate of drug-likeness (QED) is 0.147. The first-order chi connectivity index (χ1) is 21.9. The van der Waals surface area contributed by atoms with E-state index in [0.717, 1.165) is 39.5 Å². The molecule has 0 unspecified atom stereocenters. The van der Waals surface area contributed by atoms with E-state index in [2.05, 4.69) is 10.6 Å². The van der Waals surface area contributed by atoms with Gasteiger partial charge in [0.05, 0.1) is 12.1 Å². The normalized spacial score (nSPS) is 20.9. The van der Waals surface area contributed by atoms with Gasteiger partial charge in [-0.15, -0.1) is 0 Å². The molecule has 1 aliphatic heterocycles. The van der Waals surface area contributed by atoms with E-state index in [1.165, 1.54) is 7.11 Å².